The van der Waals surface area contributed by atoms with Gasteiger partial charge in [-0.05, 0) is 69.3 Å². The molecule has 0 aliphatic heterocycles. The number of hydrogen-bond acceptors (Lipinski definition) is 2. The highest BCUT2D eigenvalue weighted by Gasteiger charge is 2.21. The molecule has 1 aromatic carbocycles. The first-order chi connectivity index (χ1) is 9.13. The molecule has 2 nitrogen and oxygen atoms in total. The summed E-state index contributed by atoms with van der Waals surface area (Å²) in [7, 11) is -0.917. The summed E-state index contributed by atoms with van der Waals surface area (Å²) in [5, 5.41) is 3.59. The van der Waals surface area contributed by atoms with Crippen molar-refractivity contribution >= 4 is 10.8 Å². The van der Waals surface area contributed by atoms with E-state index in [2.05, 4.69) is 44.3 Å². The van der Waals surface area contributed by atoms with Gasteiger partial charge in [0.1, 0.15) is 0 Å². The minimum atomic E-state index is -0.917. The largest absolute Gasteiger partial charge is 0.313 e. The molecular weight excluding hydrogens is 254 g/mol. The second-order valence-corrected chi connectivity index (χ2v) is 7.34. The molecule has 0 fully saturated rings. The highest BCUT2D eigenvalue weighted by atomic mass is 32.2. The molecule has 0 heterocycles. The molecule has 1 N–H and O–H groups in total. The van der Waals surface area contributed by atoms with Crippen LogP contribution < -0.4 is 5.32 Å². The summed E-state index contributed by atoms with van der Waals surface area (Å²) >= 11 is 0. The van der Waals surface area contributed by atoms with Crippen LogP contribution in [0.15, 0.2) is 23.1 Å². The van der Waals surface area contributed by atoms with E-state index < -0.39 is 10.8 Å². The molecule has 3 heteroatoms. The third kappa shape index (κ3) is 3.46. The molecule has 2 rings (SSSR count). The van der Waals surface area contributed by atoms with Crippen molar-refractivity contribution in [1.29, 1.82) is 0 Å². The summed E-state index contributed by atoms with van der Waals surface area (Å²) in [4.78, 5) is 0.998. The lowest BCUT2D eigenvalue weighted by Crippen LogP contribution is -2.38. The highest BCUT2D eigenvalue weighted by Crippen LogP contribution is 2.25. The molecular formula is C16H25NOS. The Morgan fingerprint density at radius 2 is 2.00 bits per heavy atom. The van der Waals surface area contributed by atoms with Crippen molar-refractivity contribution in [2.45, 2.75) is 62.6 Å². The van der Waals surface area contributed by atoms with Crippen molar-refractivity contribution in [1.82, 2.24) is 5.32 Å². The van der Waals surface area contributed by atoms with Crippen LogP contribution in [0.5, 0.6) is 0 Å². The van der Waals surface area contributed by atoms with Crippen molar-refractivity contribution in [3.8, 4) is 0 Å². The van der Waals surface area contributed by atoms with Crippen molar-refractivity contribution in [3.05, 3.63) is 29.3 Å². The minimum absolute atomic E-state index is 0.144. The first-order valence-electron chi connectivity index (χ1n) is 7.39. The van der Waals surface area contributed by atoms with E-state index in [0.717, 1.165) is 24.3 Å². The van der Waals surface area contributed by atoms with Crippen molar-refractivity contribution in [2.75, 3.05) is 6.54 Å². The van der Waals surface area contributed by atoms with Gasteiger partial charge >= 0.3 is 0 Å². The standard InChI is InChI=1S/C16H25NOS/c1-4-10-17-12(2)13(3)19(18)16-9-8-14-6-5-7-15(14)11-16/h8-9,11-13,17H,4-7,10H2,1-3H3. The van der Waals surface area contributed by atoms with E-state index in [1.54, 1.807) is 0 Å². The molecule has 1 aromatic rings. The Labute approximate surface area is 119 Å². The van der Waals surface area contributed by atoms with Crippen LogP contribution in [0.25, 0.3) is 0 Å². The van der Waals surface area contributed by atoms with Crippen LogP contribution >= 0.6 is 0 Å². The van der Waals surface area contributed by atoms with Crippen LogP contribution in [0, 0.1) is 0 Å². The number of rotatable bonds is 6. The van der Waals surface area contributed by atoms with E-state index >= 15 is 0 Å². The van der Waals surface area contributed by atoms with Gasteiger partial charge in [0.15, 0.2) is 0 Å². The number of benzene rings is 1. The topological polar surface area (TPSA) is 29.1 Å². The first kappa shape index (κ1) is 14.7. The average Bonchev–Trinajstić information content (AvgIpc) is 2.90. The molecule has 0 saturated heterocycles. The van der Waals surface area contributed by atoms with E-state index in [0.29, 0.717) is 0 Å². The van der Waals surface area contributed by atoms with Crippen LogP contribution in [0.4, 0.5) is 0 Å². The van der Waals surface area contributed by atoms with Gasteiger partial charge in [-0.2, -0.15) is 0 Å². The Kier molecular flexibility index (Phi) is 5.17. The number of aryl methyl sites for hydroxylation is 2. The number of fused-ring (bicyclic) bond motifs is 1. The van der Waals surface area contributed by atoms with Crippen LogP contribution in [0.1, 0.15) is 44.7 Å². The van der Waals surface area contributed by atoms with Gasteiger partial charge in [-0.1, -0.05) is 13.0 Å². The van der Waals surface area contributed by atoms with Gasteiger partial charge in [-0.3, -0.25) is 4.21 Å². The number of nitrogens with one attached hydrogen (secondary N) is 1. The molecule has 106 valence electrons. The summed E-state index contributed by atoms with van der Waals surface area (Å²) in [5.41, 5.74) is 2.86. The second-order valence-electron chi connectivity index (χ2n) is 5.53. The molecule has 0 amide bonds. The Morgan fingerprint density at radius 1 is 1.26 bits per heavy atom. The predicted octanol–water partition coefficient (Wildman–Crippen LogP) is 3.06. The molecule has 0 aromatic heterocycles. The molecule has 0 bridgehead atoms. The SMILES string of the molecule is CCCNC(C)C(C)S(=O)c1ccc2c(c1)CCC2. The summed E-state index contributed by atoms with van der Waals surface area (Å²) in [6.07, 6.45) is 4.70. The average molecular weight is 279 g/mol. The van der Waals surface area contributed by atoms with E-state index in [9.17, 15) is 4.21 Å². The van der Waals surface area contributed by atoms with Crippen LogP contribution in [0.2, 0.25) is 0 Å². The fourth-order valence-corrected chi connectivity index (χ4v) is 3.97. The van der Waals surface area contributed by atoms with Crippen molar-refractivity contribution in [3.63, 3.8) is 0 Å². The smallest absolute Gasteiger partial charge is 0.0573 e. The van der Waals surface area contributed by atoms with Crippen molar-refractivity contribution < 1.29 is 4.21 Å². The molecule has 1 aliphatic carbocycles. The minimum Gasteiger partial charge on any atom is -0.313 e. The maximum absolute atomic E-state index is 12.6. The Balaban J connectivity index is 2.06. The summed E-state index contributed by atoms with van der Waals surface area (Å²) < 4.78 is 12.6. The zero-order chi connectivity index (χ0) is 13.8. The number of hydrogen-bond donors (Lipinski definition) is 1. The molecule has 1 aliphatic rings. The third-order valence-electron chi connectivity index (χ3n) is 4.06. The molecule has 0 saturated carbocycles. The van der Waals surface area contributed by atoms with Crippen LogP contribution in [0.3, 0.4) is 0 Å². The Morgan fingerprint density at radius 3 is 2.74 bits per heavy atom. The third-order valence-corrected chi connectivity index (χ3v) is 5.86. The summed E-state index contributed by atoms with van der Waals surface area (Å²) in [6, 6.07) is 6.69. The summed E-state index contributed by atoms with van der Waals surface area (Å²) in [6.45, 7) is 7.36. The van der Waals surface area contributed by atoms with Gasteiger partial charge in [-0.25, -0.2) is 0 Å². The van der Waals surface area contributed by atoms with Gasteiger partial charge < -0.3 is 5.32 Å². The first-order valence-corrected chi connectivity index (χ1v) is 8.60. The lowest BCUT2D eigenvalue weighted by atomic mass is 10.1. The summed E-state index contributed by atoms with van der Waals surface area (Å²) in [5.74, 6) is 0. The predicted molar refractivity (Wildman–Crippen MR) is 82.1 cm³/mol. The van der Waals surface area contributed by atoms with Gasteiger partial charge in [0.25, 0.3) is 0 Å². The monoisotopic (exact) mass is 279 g/mol. The molecule has 19 heavy (non-hydrogen) atoms. The molecule has 3 unspecified atom stereocenters. The second kappa shape index (κ2) is 6.67. The highest BCUT2D eigenvalue weighted by molar-refractivity contribution is 7.85. The Hall–Kier alpha value is -0.670. The molecule has 0 radical (unpaired) electrons. The van der Waals surface area contributed by atoms with E-state index in [1.165, 1.54) is 24.0 Å². The van der Waals surface area contributed by atoms with Gasteiger partial charge in [-0.15, -0.1) is 0 Å². The van der Waals surface area contributed by atoms with E-state index in [1.807, 2.05) is 0 Å². The molecule has 3 atom stereocenters. The zero-order valence-electron chi connectivity index (χ0n) is 12.2. The quantitative estimate of drug-likeness (QED) is 0.867. The zero-order valence-corrected chi connectivity index (χ0v) is 13.1. The lowest BCUT2D eigenvalue weighted by Gasteiger charge is -2.21. The van der Waals surface area contributed by atoms with E-state index in [-0.39, 0.29) is 11.3 Å². The fraction of sp³-hybridized carbons (Fsp3) is 0.625. The maximum Gasteiger partial charge on any atom is 0.0573 e. The van der Waals surface area contributed by atoms with Crippen LogP contribution in [-0.2, 0) is 23.6 Å². The fourth-order valence-electron chi connectivity index (χ4n) is 2.61. The van der Waals surface area contributed by atoms with Gasteiger partial charge in [0.2, 0.25) is 0 Å². The van der Waals surface area contributed by atoms with Crippen LogP contribution in [-0.4, -0.2) is 22.0 Å². The van der Waals surface area contributed by atoms with Gasteiger partial charge in [0, 0.05) is 10.9 Å². The maximum atomic E-state index is 12.6. The molecule has 0 spiro atoms. The Bertz CT molecular complexity index is 458. The lowest BCUT2D eigenvalue weighted by molar-refractivity contribution is 0.531. The van der Waals surface area contributed by atoms with Gasteiger partial charge in [0.05, 0.1) is 16.0 Å². The van der Waals surface area contributed by atoms with E-state index in [4.69, 9.17) is 0 Å². The van der Waals surface area contributed by atoms with Crippen molar-refractivity contribution in [2.24, 2.45) is 0 Å². The normalized spacial score (nSPS) is 18.9.